The molecule has 19 heavy (non-hydrogen) atoms. The molecular weight excluding hydrogens is 236 g/mol. The van der Waals surface area contributed by atoms with Crippen molar-refractivity contribution in [3.63, 3.8) is 0 Å². The largest absolute Gasteiger partial charge is 0.459 e. The van der Waals surface area contributed by atoms with Crippen LogP contribution in [0.2, 0.25) is 0 Å². The number of carbonyl (C=O) groups excluding carboxylic acids is 1. The minimum absolute atomic E-state index is 0.00655. The first kappa shape index (κ1) is 15.5. The van der Waals surface area contributed by atoms with E-state index >= 15 is 0 Å². The zero-order valence-electron chi connectivity index (χ0n) is 12.3. The molecule has 0 aliphatic rings. The molecule has 2 heteroatoms. The maximum Gasteiger partial charge on any atom is 0.331 e. The molecule has 0 aromatic heterocycles. The number of rotatable bonds is 6. The van der Waals surface area contributed by atoms with Crippen LogP contribution in [0.5, 0.6) is 0 Å². The van der Waals surface area contributed by atoms with Gasteiger partial charge >= 0.3 is 5.97 Å². The molecule has 0 fully saturated rings. The Kier molecular flexibility index (Phi) is 6.34. The van der Waals surface area contributed by atoms with Crippen molar-refractivity contribution in [1.82, 2.24) is 0 Å². The van der Waals surface area contributed by atoms with Gasteiger partial charge in [0, 0.05) is 6.08 Å². The van der Waals surface area contributed by atoms with Crippen LogP contribution >= 0.6 is 0 Å². The van der Waals surface area contributed by atoms with Crippen LogP contribution < -0.4 is 0 Å². The topological polar surface area (TPSA) is 26.3 Å². The van der Waals surface area contributed by atoms with E-state index in [0.29, 0.717) is 11.8 Å². The lowest BCUT2D eigenvalue weighted by atomic mass is 9.97. The number of ether oxygens (including phenoxy) is 1. The van der Waals surface area contributed by atoms with Gasteiger partial charge in [-0.15, -0.1) is 0 Å². The zero-order chi connectivity index (χ0) is 14.3. The lowest BCUT2D eigenvalue weighted by molar-refractivity contribution is -0.145. The molecule has 0 saturated carbocycles. The van der Waals surface area contributed by atoms with E-state index in [1.54, 1.807) is 6.08 Å². The second-order valence-corrected chi connectivity index (χ2v) is 5.59. The Morgan fingerprint density at radius 1 is 1.16 bits per heavy atom. The fourth-order valence-electron chi connectivity index (χ4n) is 1.84. The third-order valence-electron chi connectivity index (χ3n) is 2.93. The molecule has 0 radical (unpaired) electrons. The van der Waals surface area contributed by atoms with Crippen molar-refractivity contribution in [2.75, 3.05) is 0 Å². The highest BCUT2D eigenvalue weighted by atomic mass is 16.5. The molecule has 1 unspecified atom stereocenters. The van der Waals surface area contributed by atoms with Crippen molar-refractivity contribution in [1.29, 1.82) is 0 Å². The Morgan fingerprint density at radius 2 is 1.79 bits per heavy atom. The summed E-state index contributed by atoms with van der Waals surface area (Å²) < 4.78 is 5.52. The predicted octanol–water partition coefficient (Wildman–Crippen LogP) is 4.31. The maximum absolute atomic E-state index is 11.8. The zero-order valence-corrected chi connectivity index (χ0v) is 12.3. The quantitative estimate of drug-likeness (QED) is 0.562. The molecule has 0 N–H and O–H groups in total. The summed E-state index contributed by atoms with van der Waals surface area (Å²) in [7, 11) is 0. The maximum atomic E-state index is 11.8. The Balaban J connectivity index is 2.55. The van der Waals surface area contributed by atoms with Crippen molar-refractivity contribution in [3.8, 4) is 0 Å². The Labute approximate surface area is 116 Å². The van der Waals surface area contributed by atoms with Gasteiger partial charge in [0.1, 0.15) is 6.10 Å². The number of benzene rings is 1. The van der Waals surface area contributed by atoms with Gasteiger partial charge in [-0.2, -0.15) is 0 Å². The molecule has 0 aliphatic carbocycles. The number of carbonyl (C=O) groups is 1. The summed E-state index contributed by atoms with van der Waals surface area (Å²) in [4.78, 5) is 11.8. The van der Waals surface area contributed by atoms with Crippen LogP contribution in [-0.4, -0.2) is 12.1 Å². The van der Waals surface area contributed by atoms with Gasteiger partial charge in [-0.25, -0.2) is 4.79 Å². The van der Waals surface area contributed by atoms with Crippen LogP contribution in [-0.2, 0) is 9.53 Å². The smallest absolute Gasteiger partial charge is 0.331 e. The summed E-state index contributed by atoms with van der Waals surface area (Å²) in [6, 6.07) is 9.75. The number of hydrogen-bond donors (Lipinski definition) is 0. The van der Waals surface area contributed by atoms with Gasteiger partial charge in [-0.3, -0.25) is 0 Å². The molecule has 1 aromatic rings. The molecule has 0 bridgehead atoms. The number of hydrogen-bond acceptors (Lipinski definition) is 2. The van der Waals surface area contributed by atoms with Gasteiger partial charge in [0.2, 0.25) is 0 Å². The van der Waals surface area contributed by atoms with Crippen LogP contribution in [0.25, 0.3) is 6.08 Å². The van der Waals surface area contributed by atoms with Crippen molar-refractivity contribution in [3.05, 3.63) is 42.0 Å². The average Bonchev–Trinajstić information content (AvgIpc) is 2.36. The highest BCUT2D eigenvalue weighted by molar-refractivity contribution is 5.87. The second kappa shape index (κ2) is 7.78. The molecule has 0 saturated heterocycles. The summed E-state index contributed by atoms with van der Waals surface area (Å²) in [6.07, 6.45) is 4.19. The molecule has 1 rings (SSSR count). The van der Waals surface area contributed by atoms with E-state index in [0.717, 1.165) is 12.0 Å². The third kappa shape index (κ3) is 6.23. The van der Waals surface area contributed by atoms with E-state index in [-0.39, 0.29) is 12.1 Å². The Hall–Kier alpha value is -1.57. The normalized spacial score (nSPS) is 13.2. The Bertz CT molecular complexity index is 405. The SMILES string of the molecule is CC(C)CC(OC(=O)/C=C/c1ccccc1)C(C)C. The molecule has 2 nitrogen and oxygen atoms in total. The fourth-order valence-corrected chi connectivity index (χ4v) is 1.84. The first-order valence-electron chi connectivity index (χ1n) is 6.92. The minimum Gasteiger partial charge on any atom is -0.459 e. The van der Waals surface area contributed by atoms with Crippen molar-refractivity contribution < 1.29 is 9.53 Å². The van der Waals surface area contributed by atoms with E-state index in [9.17, 15) is 4.79 Å². The van der Waals surface area contributed by atoms with Crippen LogP contribution in [0.1, 0.15) is 39.7 Å². The monoisotopic (exact) mass is 260 g/mol. The highest BCUT2D eigenvalue weighted by Gasteiger charge is 2.18. The summed E-state index contributed by atoms with van der Waals surface area (Å²) in [5, 5.41) is 0. The molecule has 0 amide bonds. The van der Waals surface area contributed by atoms with Gasteiger partial charge in [-0.05, 0) is 29.9 Å². The van der Waals surface area contributed by atoms with Gasteiger partial charge < -0.3 is 4.74 Å². The fraction of sp³-hybridized carbons (Fsp3) is 0.471. The molecule has 1 atom stereocenters. The Morgan fingerprint density at radius 3 is 2.32 bits per heavy atom. The van der Waals surface area contributed by atoms with Crippen LogP contribution in [0.15, 0.2) is 36.4 Å². The van der Waals surface area contributed by atoms with Crippen LogP contribution in [0.3, 0.4) is 0 Å². The molecule has 0 spiro atoms. The van der Waals surface area contributed by atoms with Gasteiger partial charge in [-0.1, -0.05) is 58.0 Å². The van der Waals surface area contributed by atoms with Crippen molar-refractivity contribution in [2.45, 2.75) is 40.2 Å². The van der Waals surface area contributed by atoms with Gasteiger partial charge in [0.25, 0.3) is 0 Å². The van der Waals surface area contributed by atoms with E-state index < -0.39 is 0 Å². The van der Waals surface area contributed by atoms with E-state index in [4.69, 9.17) is 4.74 Å². The predicted molar refractivity (Wildman–Crippen MR) is 79.6 cm³/mol. The first-order chi connectivity index (χ1) is 8.99. The van der Waals surface area contributed by atoms with Crippen molar-refractivity contribution >= 4 is 12.0 Å². The lowest BCUT2D eigenvalue weighted by Crippen LogP contribution is -2.24. The molecule has 0 heterocycles. The van der Waals surface area contributed by atoms with Crippen LogP contribution in [0.4, 0.5) is 0 Å². The minimum atomic E-state index is -0.261. The first-order valence-corrected chi connectivity index (χ1v) is 6.92. The standard InChI is InChI=1S/C17H24O2/c1-13(2)12-16(14(3)4)19-17(18)11-10-15-8-6-5-7-9-15/h5-11,13-14,16H,12H2,1-4H3/b11-10+. The summed E-state index contributed by atoms with van der Waals surface area (Å²) in [5.41, 5.74) is 1.00. The van der Waals surface area contributed by atoms with Gasteiger partial charge in [0.05, 0.1) is 0 Å². The molecule has 1 aromatic carbocycles. The van der Waals surface area contributed by atoms with E-state index in [1.807, 2.05) is 30.3 Å². The third-order valence-corrected chi connectivity index (χ3v) is 2.93. The highest BCUT2D eigenvalue weighted by Crippen LogP contribution is 2.17. The van der Waals surface area contributed by atoms with E-state index in [1.165, 1.54) is 6.08 Å². The molecule has 0 aliphatic heterocycles. The van der Waals surface area contributed by atoms with Gasteiger partial charge in [0.15, 0.2) is 0 Å². The molecular formula is C17H24O2. The average molecular weight is 260 g/mol. The van der Waals surface area contributed by atoms with E-state index in [2.05, 4.69) is 27.7 Å². The molecule has 104 valence electrons. The summed E-state index contributed by atoms with van der Waals surface area (Å²) in [6.45, 7) is 8.45. The second-order valence-electron chi connectivity index (χ2n) is 5.59. The summed E-state index contributed by atoms with van der Waals surface area (Å²) in [5.74, 6) is 0.609. The van der Waals surface area contributed by atoms with Crippen LogP contribution in [0, 0.1) is 11.8 Å². The van der Waals surface area contributed by atoms with Crippen molar-refractivity contribution in [2.24, 2.45) is 11.8 Å². The lowest BCUT2D eigenvalue weighted by Gasteiger charge is -2.22. The number of esters is 1. The summed E-state index contributed by atoms with van der Waals surface area (Å²) >= 11 is 0.